The van der Waals surface area contributed by atoms with E-state index in [1.54, 1.807) is 6.92 Å². The minimum absolute atomic E-state index is 0.0128. The summed E-state index contributed by atoms with van der Waals surface area (Å²) in [4.78, 5) is 0. The van der Waals surface area contributed by atoms with Crippen molar-refractivity contribution >= 4 is 0 Å². The van der Waals surface area contributed by atoms with E-state index in [0.29, 0.717) is 12.5 Å². The molecule has 18 heavy (non-hydrogen) atoms. The molecule has 1 aromatic rings. The van der Waals surface area contributed by atoms with E-state index in [0.717, 1.165) is 6.07 Å². The zero-order valence-electron chi connectivity index (χ0n) is 10.1. The third-order valence-electron chi connectivity index (χ3n) is 2.70. The van der Waals surface area contributed by atoms with Crippen LogP contribution in [0.4, 0.5) is 13.2 Å². The second-order valence-electron chi connectivity index (χ2n) is 4.16. The number of aliphatic hydroxyl groups is 1. The second kappa shape index (κ2) is 6.72. The van der Waals surface area contributed by atoms with Gasteiger partial charge in [-0.15, -0.1) is 0 Å². The molecule has 2 unspecified atom stereocenters. The molecule has 0 aliphatic carbocycles. The van der Waals surface area contributed by atoms with Gasteiger partial charge in [-0.2, -0.15) is 0 Å². The highest BCUT2D eigenvalue weighted by Crippen LogP contribution is 2.20. The first kappa shape index (κ1) is 14.9. The molecule has 0 spiro atoms. The summed E-state index contributed by atoms with van der Waals surface area (Å²) in [5.41, 5.74) is 5.49. The van der Waals surface area contributed by atoms with E-state index in [-0.39, 0.29) is 24.8 Å². The number of nitrogens with two attached hydrogens (primary N) is 1. The number of aliphatic hydroxyl groups excluding tert-OH is 1. The van der Waals surface area contributed by atoms with E-state index < -0.39 is 23.5 Å². The second-order valence-corrected chi connectivity index (χ2v) is 4.16. The van der Waals surface area contributed by atoms with Crippen LogP contribution in [0.2, 0.25) is 0 Å². The molecular formula is C12H17F3N2O. The zero-order valence-corrected chi connectivity index (χ0v) is 10.1. The van der Waals surface area contributed by atoms with Gasteiger partial charge in [0.15, 0.2) is 11.6 Å². The van der Waals surface area contributed by atoms with Gasteiger partial charge >= 0.3 is 0 Å². The maximum Gasteiger partial charge on any atom is 0.161 e. The first-order valence-corrected chi connectivity index (χ1v) is 5.71. The van der Waals surface area contributed by atoms with Gasteiger partial charge in [0.25, 0.3) is 0 Å². The number of nitrogens with one attached hydrogen (secondary N) is 1. The van der Waals surface area contributed by atoms with Crippen LogP contribution in [0.5, 0.6) is 0 Å². The van der Waals surface area contributed by atoms with Crippen molar-refractivity contribution in [3.05, 3.63) is 35.1 Å². The molecule has 0 amide bonds. The Hall–Kier alpha value is -1.11. The lowest BCUT2D eigenvalue weighted by molar-refractivity contribution is 0.263. The van der Waals surface area contributed by atoms with Gasteiger partial charge in [0.05, 0.1) is 0 Å². The average molecular weight is 262 g/mol. The highest BCUT2D eigenvalue weighted by Gasteiger charge is 2.19. The Balaban J connectivity index is 2.91. The molecule has 4 N–H and O–H groups in total. The Morgan fingerprint density at radius 3 is 2.39 bits per heavy atom. The fourth-order valence-corrected chi connectivity index (χ4v) is 1.71. The number of halogens is 3. The zero-order chi connectivity index (χ0) is 13.7. The summed E-state index contributed by atoms with van der Waals surface area (Å²) >= 11 is 0. The van der Waals surface area contributed by atoms with Crippen molar-refractivity contribution in [2.45, 2.75) is 25.4 Å². The minimum Gasteiger partial charge on any atom is -0.396 e. The SMILES string of the molecule is CC(CCO)NC(CN)c1cc(F)c(F)cc1F. The molecule has 6 heteroatoms. The van der Waals surface area contributed by atoms with Gasteiger partial charge in [0.2, 0.25) is 0 Å². The summed E-state index contributed by atoms with van der Waals surface area (Å²) in [7, 11) is 0. The highest BCUT2D eigenvalue weighted by atomic mass is 19.2. The van der Waals surface area contributed by atoms with Crippen LogP contribution in [0.15, 0.2) is 12.1 Å². The van der Waals surface area contributed by atoms with Crippen molar-refractivity contribution in [3.63, 3.8) is 0 Å². The van der Waals surface area contributed by atoms with Gasteiger partial charge in [-0.1, -0.05) is 0 Å². The standard InChI is InChI=1S/C12H17F3N2O/c1-7(2-3-18)17-12(6-16)8-4-10(14)11(15)5-9(8)13/h4-5,7,12,17-18H,2-3,6,16H2,1H3. The molecule has 0 aliphatic heterocycles. The fourth-order valence-electron chi connectivity index (χ4n) is 1.71. The van der Waals surface area contributed by atoms with E-state index in [9.17, 15) is 13.2 Å². The van der Waals surface area contributed by atoms with Gasteiger partial charge in [-0.3, -0.25) is 0 Å². The van der Waals surface area contributed by atoms with Gasteiger partial charge in [-0.25, -0.2) is 13.2 Å². The lowest BCUT2D eigenvalue weighted by Gasteiger charge is -2.22. The maximum absolute atomic E-state index is 13.6. The number of hydrogen-bond acceptors (Lipinski definition) is 3. The van der Waals surface area contributed by atoms with Crippen molar-refractivity contribution in [1.29, 1.82) is 0 Å². The third kappa shape index (κ3) is 3.69. The number of rotatable bonds is 6. The molecule has 0 saturated heterocycles. The Morgan fingerprint density at radius 1 is 1.22 bits per heavy atom. The Labute approximate surface area is 104 Å². The molecule has 0 fully saturated rings. The summed E-state index contributed by atoms with van der Waals surface area (Å²) in [5.74, 6) is -3.18. The smallest absolute Gasteiger partial charge is 0.161 e. The average Bonchev–Trinajstić information content (AvgIpc) is 2.31. The first-order chi connectivity index (χ1) is 8.49. The molecule has 0 aliphatic rings. The maximum atomic E-state index is 13.6. The summed E-state index contributed by atoms with van der Waals surface area (Å²) in [6.45, 7) is 1.81. The van der Waals surface area contributed by atoms with E-state index >= 15 is 0 Å². The lowest BCUT2D eigenvalue weighted by Crippen LogP contribution is -2.36. The highest BCUT2D eigenvalue weighted by molar-refractivity contribution is 5.24. The summed E-state index contributed by atoms with van der Waals surface area (Å²) < 4.78 is 39.5. The molecule has 102 valence electrons. The molecule has 2 atom stereocenters. The van der Waals surface area contributed by atoms with Crippen LogP contribution in [0.1, 0.15) is 24.9 Å². The van der Waals surface area contributed by atoms with Crippen LogP contribution >= 0.6 is 0 Å². The summed E-state index contributed by atoms with van der Waals surface area (Å²) in [6, 6.07) is 0.574. The van der Waals surface area contributed by atoms with Gasteiger partial charge < -0.3 is 16.2 Å². The predicted molar refractivity (Wildman–Crippen MR) is 62.4 cm³/mol. The molecule has 1 aromatic carbocycles. The van der Waals surface area contributed by atoms with Crippen LogP contribution in [0.25, 0.3) is 0 Å². The Morgan fingerprint density at radius 2 is 1.83 bits per heavy atom. The Kier molecular flexibility index (Phi) is 5.58. The number of hydrogen-bond donors (Lipinski definition) is 3. The van der Waals surface area contributed by atoms with Crippen molar-refractivity contribution in [1.82, 2.24) is 5.32 Å². The molecule has 0 saturated carbocycles. The van der Waals surface area contributed by atoms with E-state index in [1.807, 2.05) is 0 Å². The van der Waals surface area contributed by atoms with Crippen molar-refractivity contribution in [2.24, 2.45) is 5.73 Å². The molecule has 3 nitrogen and oxygen atoms in total. The van der Waals surface area contributed by atoms with Crippen molar-refractivity contribution < 1.29 is 18.3 Å². The normalized spacial score (nSPS) is 14.6. The fraction of sp³-hybridized carbons (Fsp3) is 0.500. The molecule has 1 rings (SSSR count). The van der Waals surface area contributed by atoms with Crippen LogP contribution < -0.4 is 11.1 Å². The summed E-state index contributed by atoms with van der Waals surface area (Å²) in [5, 5.41) is 11.7. The van der Waals surface area contributed by atoms with Crippen molar-refractivity contribution in [3.8, 4) is 0 Å². The van der Waals surface area contributed by atoms with E-state index in [2.05, 4.69) is 5.32 Å². The molecule has 0 heterocycles. The van der Waals surface area contributed by atoms with Crippen LogP contribution in [-0.2, 0) is 0 Å². The molecule has 0 bridgehead atoms. The van der Waals surface area contributed by atoms with E-state index in [4.69, 9.17) is 10.8 Å². The predicted octanol–water partition coefficient (Wildman–Crippen LogP) is 1.46. The van der Waals surface area contributed by atoms with Gasteiger partial charge in [0.1, 0.15) is 5.82 Å². The molecule has 0 radical (unpaired) electrons. The lowest BCUT2D eigenvalue weighted by atomic mass is 10.0. The van der Waals surface area contributed by atoms with E-state index in [1.165, 1.54) is 0 Å². The monoisotopic (exact) mass is 262 g/mol. The topological polar surface area (TPSA) is 58.3 Å². The van der Waals surface area contributed by atoms with Crippen LogP contribution in [-0.4, -0.2) is 24.3 Å². The molecule has 0 aromatic heterocycles. The largest absolute Gasteiger partial charge is 0.396 e. The minimum atomic E-state index is -1.23. The molecular weight excluding hydrogens is 245 g/mol. The summed E-state index contributed by atoms with van der Waals surface area (Å²) in [6.07, 6.45) is 0.460. The van der Waals surface area contributed by atoms with Gasteiger partial charge in [-0.05, 0) is 19.4 Å². The van der Waals surface area contributed by atoms with Crippen LogP contribution in [0.3, 0.4) is 0 Å². The quantitative estimate of drug-likeness (QED) is 0.680. The Bertz CT molecular complexity index is 401. The number of benzene rings is 1. The third-order valence-corrected chi connectivity index (χ3v) is 2.70. The van der Waals surface area contributed by atoms with Crippen molar-refractivity contribution in [2.75, 3.05) is 13.2 Å². The van der Waals surface area contributed by atoms with Gasteiger partial charge in [0, 0.05) is 36.9 Å². The van der Waals surface area contributed by atoms with Crippen LogP contribution in [0, 0.1) is 17.5 Å². The first-order valence-electron chi connectivity index (χ1n) is 5.71.